The lowest BCUT2D eigenvalue weighted by Gasteiger charge is -2.40. The second kappa shape index (κ2) is 4.28. The van der Waals surface area contributed by atoms with E-state index in [1.165, 1.54) is 0 Å². The highest BCUT2D eigenvalue weighted by atomic mass is 16.3. The van der Waals surface area contributed by atoms with E-state index >= 15 is 0 Å². The summed E-state index contributed by atoms with van der Waals surface area (Å²) in [7, 11) is 0. The molecule has 0 saturated carbocycles. The summed E-state index contributed by atoms with van der Waals surface area (Å²) in [5.41, 5.74) is 0. The van der Waals surface area contributed by atoms with E-state index in [2.05, 4.69) is 5.32 Å². The van der Waals surface area contributed by atoms with Crippen LogP contribution in [0.4, 0.5) is 0 Å². The lowest BCUT2D eigenvalue weighted by Crippen LogP contribution is -2.54. The van der Waals surface area contributed by atoms with Crippen LogP contribution in [0, 0.1) is 11.8 Å². The maximum atomic E-state index is 11.9. The number of likely N-dealkylation sites (tertiary alicyclic amines) is 1. The van der Waals surface area contributed by atoms with Crippen molar-refractivity contribution in [3.63, 3.8) is 0 Å². The molecule has 0 radical (unpaired) electrons. The van der Waals surface area contributed by atoms with Crippen LogP contribution >= 0.6 is 0 Å². The summed E-state index contributed by atoms with van der Waals surface area (Å²) in [6.45, 7) is 3.68. The summed E-state index contributed by atoms with van der Waals surface area (Å²) in [6, 6.07) is 0. The van der Waals surface area contributed by atoms with E-state index in [4.69, 9.17) is 5.11 Å². The fourth-order valence-electron chi connectivity index (χ4n) is 2.19. The molecular formula is C10H18N2O2. The second-order valence-corrected chi connectivity index (χ2v) is 4.32. The molecule has 4 nitrogen and oxygen atoms in total. The van der Waals surface area contributed by atoms with Gasteiger partial charge in [-0.1, -0.05) is 0 Å². The molecule has 0 aliphatic carbocycles. The number of nitrogens with zero attached hydrogens (tertiary/aromatic N) is 1. The van der Waals surface area contributed by atoms with Crippen LogP contribution in [0.15, 0.2) is 0 Å². The minimum atomic E-state index is 0.218. The van der Waals surface area contributed by atoms with Crippen LogP contribution in [-0.2, 0) is 4.79 Å². The SMILES string of the molecule is O=C(C1CCNCC1)N1CC(CO)C1. The van der Waals surface area contributed by atoms with Gasteiger partial charge in [0.15, 0.2) is 0 Å². The zero-order valence-electron chi connectivity index (χ0n) is 8.41. The van der Waals surface area contributed by atoms with Gasteiger partial charge in [-0.05, 0) is 25.9 Å². The van der Waals surface area contributed by atoms with Crippen LogP contribution in [0.5, 0.6) is 0 Å². The van der Waals surface area contributed by atoms with Crippen LogP contribution in [0.1, 0.15) is 12.8 Å². The molecule has 0 bridgehead atoms. The number of aliphatic hydroxyl groups excluding tert-OH is 1. The predicted octanol–water partition coefficient (Wildman–Crippen LogP) is -0.563. The van der Waals surface area contributed by atoms with Gasteiger partial charge in [0.2, 0.25) is 5.91 Å². The smallest absolute Gasteiger partial charge is 0.225 e. The average Bonchev–Trinajstić information content (AvgIpc) is 2.17. The number of aliphatic hydroxyl groups is 1. The van der Waals surface area contributed by atoms with E-state index in [9.17, 15) is 4.79 Å². The molecule has 4 heteroatoms. The Hall–Kier alpha value is -0.610. The van der Waals surface area contributed by atoms with Crippen LogP contribution in [0.25, 0.3) is 0 Å². The second-order valence-electron chi connectivity index (χ2n) is 4.32. The largest absolute Gasteiger partial charge is 0.396 e. The average molecular weight is 198 g/mol. The minimum Gasteiger partial charge on any atom is -0.396 e. The summed E-state index contributed by atoms with van der Waals surface area (Å²) < 4.78 is 0. The third-order valence-electron chi connectivity index (χ3n) is 3.22. The Kier molecular flexibility index (Phi) is 3.03. The monoisotopic (exact) mass is 198 g/mol. The van der Waals surface area contributed by atoms with Crippen molar-refractivity contribution < 1.29 is 9.90 Å². The summed E-state index contributed by atoms with van der Waals surface area (Å²) in [5, 5.41) is 12.1. The number of nitrogens with one attached hydrogen (secondary N) is 1. The number of hydrogen-bond acceptors (Lipinski definition) is 3. The zero-order valence-corrected chi connectivity index (χ0v) is 8.41. The molecule has 2 rings (SSSR count). The summed E-state index contributed by atoms with van der Waals surface area (Å²) in [6.07, 6.45) is 1.94. The zero-order chi connectivity index (χ0) is 9.97. The van der Waals surface area contributed by atoms with Crippen molar-refractivity contribution in [3.05, 3.63) is 0 Å². The molecule has 2 aliphatic rings. The van der Waals surface area contributed by atoms with Crippen LogP contribution in [0.3, 0.4) is 0 Å². The van der Waals surface area contributed by atoms with Gasteiger partial charge in [0.1, 0.15) is 0 Å². The molecule has 14 heavy (non-hydrogen) atoms. The van der Waals surface area contributed by atoms with Crippen molar-refractivity contribution in [3.8, 4) is 0 Å². The van der Waals surface area contributed by atoms with Gasteiger partial charge in [-0.25, -0.2) is 0 Å². The minimum absolute atomic E-state index is 0.218. The first-order chi connectivity index (χ1) is 6.81. The fourth-order valence-corrected chi connectivity index (χ4v) is 2.19. The molecule has 2 fully saturated rings. The van der Waals surface area contributed by atoms with Gasteiger partial charge >= 0.3 is 0 Å². The molecule has 0 aromatic heterocycles. The summed E-state index contributed by atoms with van der Waals surface area (Å²) in [5.74, 6) is 0.868. The van der Waals surface area contributed by atoms with Gasteiger partial charge in [-0.2, -0.15) is 0 Å². The quantitative estimate of drug-likeness (QED) is 0.625. The van der Waals surface area contributed by atoms with E-state index < -0.39 is 0 Å². The Balaban J connectivity index is 1.78. The number of rotatable bonds is 2. The number of amides is 1. The lowest BCUT2D eigenvalue weighted by molar-refractivity contribution is -0.143. The fraction of sp³-hybridized carbons (Fsp3) is 0.900. The van der Waals surface area contributed by atoms with Crippen molar-refractivity contribution in [2.75, 3.05) is 32.8 Å². The lowest BCUT2D eigenvalue weighted by atomic mass is 9.92. The molecule has 2 saturated heterocycles. The van der Waals surface area contributed by atoms with E-state index in [1.54, 1.807) is 0 Å². The van der Waals surface area contributed by atoms with E-state index in [0.717, 1.165) is 39.0 Å². The molecular weight excluding hydrogens is 180 g/mol. The maximum Gasteiger partial charge on any atom is 0.225 e. The highest BCUT2D eigenvalue weighted by Crippen LogP contribution is 2.21. The van der Waals surface area contributed by atoms with Crippen LogP contribution in [0.2, 0.25) is 0 Å². The molecule has 2 heterocycles. The number of carbonyl (C=O) groups excluding carboxylic acids is 1. The van der Waals surface area contributed by atoms with E-state index in [-0.39, 0.29) is 12.5 Å². The van der Waals surface area contributed by atoms with E-state index in [0.29, 0.717) is 11.8 Å². The van der Waals surface area contributed by atoms with Gasteiger partial charge < -0.3 is 15.3 Å². The molecule has 0 aromatic carbocycles. The first-order valence-corrected chi connectivity index (χ1v) is 5.41. The topological polar surface area (TPSA) is 52.6 Å². The Morgan fingerprint density at radius 2 is 2.00 bits per heavy atom. The first-order valence-electron chi connectivity index (χ1n) is 5.41. The van der Waals surface area contributed by atoms with Gasteiger partial charge in [0, 0.05) is 31.5 Å². The normalized spacial score (nSPS) is 24.8. The van der Waals surface area contributed by atoms with Crippen LogP contribution in [-0.4, -0.2) is 48.7 Å². The Labute approximate surface area is 84.3 Å². The molecule has 0 atom stereocenters. The van der Waals surface area contributed by atoms with Crippen molar-refractivity contribution in [2.45, 2.75) is 12.8 Å². The predicted molar refractivity (Wildman–Crippen MR) is 52.7 cm³/mol. The summed E-state index contributed by atoms with van der Waals surface area (Å²) in [4.78, 5) is 13.7. The van der Waals surface area contributed by atoms with Gasteiger partial charge in [-0.15, -0.1) is 0 Å². The Morgan fingerprint density at radius 3 is 2.57 bits per heavy atom. The molecule has 2 N–H and O–H groups in total. The molecule has 80 valence electrons. The van der Waals surface area contributed by atoms with Crippen molar-refractivity contribution >= 4 is 5.91 Å². The summed E-state index contributed by atoms with van der Waals surface area (Å²) >= 11 is 0. The standard InChI is InChI=1S/C10H18N2O2/c13-7-8-5-12(6-8)10(14)9-1-3-11-4-2-9/h8-9,11,13H,1-7H2. The van der Waals surface area contributed by atoms with Gasteiger partial charge in [0.05, 0.1) is 0 Å². The molecule has 2 aliphatic heterocycles. The molecule has 1 amide bonds. The molecule has 0 aromatic rings. The first kappa shape index (κ1) is 9.93. The van der Waals surface area contributed by atoms with Crippen LogP contribution < -0.4 is 5.32 Å². The maximum absolute atomic E-state index is 11.9. The highest BCUT2D eigenvalue weighted by molar-refractivity contribution is 5.79. The number of carbonyl (C=O) groups is 1. The molecule has 0 unspecified atom stereocenters. The number of piperidine rings is 1. The van der Waals surface area contributed by atoms with E-state index in [1.807, 2.05) is 4.90 Å². The van der Waals surface area contributed by atoms with Crippen molar-refractivity contribution in [1.29, 1.82) is 0 Å². The Morgan fingerprint density at radius 1 is 1.36 bits per heavy atom. The third-order valence-corrected chi connectivity index (χ3v) is 3.22. The number of hydrogen-bond donors (Lipinski definition) is 2. The third kappa shape index (κ3) is 1.91. The van der Waals surface area contributed by atoms with Gasteiger partial charge in [-0.3, -0.25) is 4.79 Å². The molecule has 0 spiro atoms. The van der Waals surface area contributed by atoms with Crippen molar-refractivity contribution in [1.82, 2.24) is 10.2 Å². The van der Waals surface area contributed by atoms with Crippen molar-refractivity contribution in [2.24, 2.45) is 11.8 Å². The Bertz CT molecular complexity index is 208. The highest BCUT2D eigenvalue weighted by Gasteiger charge is 2.34. The van der Waals surface area contributed by atoms with Gasteiger partial charge in [0.25, 0.3) is 0 Å².